The minimum absolute atomic E-state index is 0.0638. The normalized spacial score (nSPS) is 25.2. The number of aromatic hydroxyl groups is 1. The summed E-state index contributed by atoms with van der Waals surface area (Å²) in [4.78, 5) is 72.7. The molecule has 1 N–H and O–H groups in total. The predicted molar refractivity (Wildman–Crippen MR) is 215 cm³/mol. The van der Waals surface area contributed by atoms with E-state index in [9.17, 15) is 24.8 Å². The first-order chi connectivity index (χ1) is 27.7. The number of fused-ring (bicyclic) bond motifs is 5. The Balaban J connectivity index is 1.17. The third-order valence-corrected chi connectivity index (χ3v) is 14.2. The van der Waals surface area contributed by atoms with E-state index in [0.717, 1.165) is 25.4 Å². The summed E-state index contributed by atoms with van der Waals surface area (Å²) >= 11 is 7.84. The summed E-state index contributed by atoms with van der Waals surface area (Å²) < 4.78 is 13.8. The number of aryl methyl sites for hydroxylation is 2. The third kappa shape index (κ3) is 5.18. The number of allylic oxidation sites excluding steroid dienone is 2. The molecule has 14 nitrogen and oxygen atoms in total. The Bertz CT molecular complexity index is 2690. The van der Waals surface area contributed by atoms with Crippen LogP contribution < -0.4 is 19.3 Å². The van der Waals surface area contributed by atoms with E-state index in [1.807, 2.05) is 31.2 Å². The number of methoxy groups -OCH3 is 2. The fourth-order valence-electron chi connectivity index (χ4n) is 9.90. The number of carbonyl (C=O) groups is 4. The number of phenolic OH excluding ortho intramolecular Hbond substituents is 1. The first-order valence-electron chi connectivity index (χ1n) is 18.6. The van der Waals surface area contributed by atoms with Gasteiger partial charge in [-0.25, -0.2) is 4.90 Å². The first-order valence-corrected chi connectivity index (χ1v) is 19.8. The van der Waals surface area contributed by atoms with Crippen LogP contribution in [-0.2, 0) is 26.2 Å². The number of rotatable bonds is 7. The molecule has 9 rings (SSSR count). The maximum absolute atomic E-state index is 15.3. The molecule has 16 heteroatoms. The summed E-state index contributed by atoms with van der Waals surface area (Å²) in [5.41, 5.74) is 0.930. The number of nitro groups is 1. The van der Waals surface area contributed by atoms with Gasteiger partial charge in [0.2, 0.25) is 23.6 Å². The molecule has 296 valence electrons. The van der Waals surface area contributed by atoms with Crippen LogP contribution in [0, 0.1) is 46.1 Å². The van der Waals surface area contributed by atoms with Gasteiger partial charge >= 0.3 is 0 Å². The fraction of sp³-hybridized carbons (Fsp3) is 0.310. The van der Waals surface area contributed by atoms with Crippen molar-refractivity contribution < 1.29 is 38.7 Å². The maximum atomic E-state index is 15.3. The van der Waals surface area contributed by atoms with Gasteiger partial charge in [-0.3, -0.25) is 38.9 Å². The topological polar surface area (TPSA) is 174 Å². The number of non-ortho nitro benzene ring substituents is 1. The minimum atomic E-state index is -1.50. The van der Waals surface area contributed by atoms with E-state index in [2.05, 4.69) is 0 Å². The highest BCUT2D eigenvalue weighted by Crippen LogP contribution is 2.66. The van der Waals surface area contributed by atoms with Crippen molar-refractivity contribution in [3.63, 3.8) is 0 Å². The number of aromatic nitrogens is 2. The van der Waals surface area contributed by atoms with Gasteiger partial charge in [-0.05, 0) is 73.9 Å². The van der Waals surface area contributed by atoms with Gasteiger partial charge in [0.05, 0.1) is 52.9 Å². The van der Waals surface area contributed by atoms with E-state index >= 15 is 9.59 Å². The zero-order valence-corrected chi connectivity index (χ0v) is 33.5. The van der Waals surface area contributed by atoms with Crippen molar-refractivity contribution >= 4 is 73.8 Å². The second-order valence-corrected chi connectivity index (χ2v) is 16.9. The standard InChI is InChI=1S/C42H36ClN5O9S/c1-19-26-14-20(43)6-13-32(26)58-37(19)29-18-33(45(3)44-29)47-39(51)28-17-27-24(36(42(28,2)41(47)53)35-30(49)15-23(56-4)16-31(35)57-5)11-12-25-34(27)40(52)46(38(25)50)21-7-9-22(10-8-21)48(54)55/h6-11,13-16,18,25,27-28,34,36,49H,12,17H2,1-5H3. The first kappa shape index (κ1) is 37.5. The average molecular weight is 822 g/mol. The summed E-state index contributed by atoms with van der Waals surface area (Å²) in [6.45, 7) is 3.69. The lowest BCUT2D eigenvalue weighted by atomic mass is 9.51. The van der Waals surface area contributed by atoms with Crippen LogP contribution in [0.3, 0.4) is 0 Å². The summed E-state index contributed by atoms with van der Waals surface area (Å²) in [5, 5.41) is 29.5. The number of benzene rings is 3. The number of ether oxygens (including phenoxy) is 2. The average Bonchev–Trinajstić information content (AvgIpc) is 3.88. The van der Waals surface area contributed by atoms with Crippen molar-refractivity contribution in [1.29, 1.82) is 0 Å². The van der Waals surface area contributed by atoms with Gasteiger partial charge in [0.1, 0.15) is 28.8 Å². The molecular weight excluding hydrogens is 786 g/mol. The number of halogens is 1. The highest BCUT2D eigenvalue weighted by Gasteiger charge is 2.68. The lowest BCUT2D eigenvalue weighted by Crippen LogP contribution is -2.49. The number of phenols is 1. The van der Waals surface area contributed by atoms with Gasteiger partial charge in [-0.1, -0.05) is 23.3 Å². The van der Waals surface area contributed by atoms with Crippen molar-refractivity contribution in [2.24, 2.45) is 36.1 Å². The molecule has 3 fully saturated rings. The smallest absolute Gasteiger partial charge is 0.269 e. The summed E-state index contributed by atoms with van der Waals surface area (Å²) in [5.74, 6) is -5.78. The third-order valence-electron chi connectivity index (χ3n) is 12.6. The highest BCUT2D eigenvalue weighted by atomic mass is 35.5. The number of nitro benzene ring substituents is 1. The Morgan fingerprint density at radius 3 is 2.40 bits per heavy atom. The van der Waals surface area contributed by atoms with Gasteiger partial charge in [0.15, 0.2) is 0 Å². The zero-order chi connectivity index (χ0) is 41.1. The van der Waals surface area contributed by atoms with E-state index in [-0.39, 0.29) is 47.1 Å². The number of thiophene rings is 1. The summed E-state index contributed by atoms with van der Waals surface area (Å²) in [7, 11) is 4.54. The van der Waals surface area contributed by atoms with Crippen LogP contribution >= 0.6 is 22.9 Å². The molecule has 2 aliphatic heterocycles. The van der Waals surface area contributed by atoms with Gasteiger partial charge in [-0.15, -0.1) is 11.3 Å². The Hall–Kier alpha value is -6.06. The fourth-order valence-corrected chi connectivity index (χ4v) is 11.2. The monoisotopic (exact) mass is 821 g/mol. The highest BCUT2D eigenvalue weighted by molar-refractivity contribution is 7.22. The Kier molecular flexibility index (Phi) is 8.57. The van der Waals surface area contributed by atoms with Crippen LogP contribution in [0.4, 0.5) is 17.2 Å². The molecule has 3 aromatic carbocycles. The molecule has 2 aliphatic carbocycles. The number of hydrogen-bond acceptors (Lipinski definition) is 11. The molecule has 4 aliphatic rings. The van der Waals surface area contributed by atoms with E-state index in [0.29, 0.717) is 22.0 Å². The van der Waals surface area contributed by atoms with Crippen molar-refractivity contribution in [2.75, 3.05) is 24.0 Å². The maximum Gasteiger partial charge on any atom is 0.269 e. The van der Waals surface area contributed by atoms with Gasteiger partial charge in [0.25, 0.3) is 5.69 Å². The predicted octanol–water partition coefficient (Wildman–Crippen LogP) is 7.33. The molecule has 6 unspecified atom stereocenters. The van der Waals surface area contributed by atoms with Crippen molar-refractivity contribution in [2.45, 2.75) is 32.6 Å². The molecule has 4 heterocycles. The van der Waals surface area contributed by atoms with Crippen LogP contribution in [0.2, 0.25) is 5.02 Å². The number of imide groups is 2. The lowest BCUT2D eigenvalue weighted by Gasteiger charge is -2.49. The molecule has 0 spiro atoms. The zero-order valence-electron chi connectivity index (χ0n) is 31.9. The van der Waals surface area contributed by atoms with E-state index in [4.69, 9.17) is 26.2 Å². The molecule has 2 aromatic heterocycles. The number of amides is 4. The molecule has 1 saturated carbocycles. The molecule has 0 radical (unpaired) electrons. The molecule has 0 bridgehead atoms. The molecule has 2 saturated heterocycles. The number of nitrogens with zero attached hydrogens (tertiary/aromatic N) is 5. The molecule has 5 aromatic rings. The van der Waals surface area contributed by atoms with Crippen LogP contribution in [-0.4, -0.2) is 57.7 Å². The van der Waals surface area contributed by atoms with Crippen molar-refractivity contribution in [1.82, 2.24) is 9.78 Å². The molecule has 6 atom stereocenters. The molecular formula is C42H36ClN5O9S. The molecule has 4 amide bonds. The van der Waals surface area contributed by atoms with E-state index in [1.54, 1.807) is 26.1 Å². The van der Waals surface area contributed by atoms with Crippen molar-refractivity contribution in [3.05, 3.63) is 98.6 Å². The van der Waals surface area contributed by atoms with E-state index in [1.165, 1.54) is 65.5 Å². The summed E-state index contributed by atoms with van der Waals surface area (Å²) in [6.07, 6.45) is 2.08. The Labute approximate surface area is 340 Å². The van der Waals surface area contributed by atoms with Gasteiger partial charge in [-0.2, -0.15) is 5.10 Å². The number of carbonyl (C=O) groups excluding carboxylic acids is 4. The second-order valence-electron chi connectivity index (χ2n) is 15.4. The van der Waals surface area contributed by atoms with Crippen LogP contribution in [0.1, 0.15) is 36.8 Å². The van der Waals surface area contributed by atoms with E-state index < -0.39 is 63.6 Å². The van der Waals surface area contributed by atoms with Crippen LogP contribution in [0.15, 0.2) is 72.3 Å². The van der Waals surface area contributed by atoms with Crippen molar-refractivity contribution in [3.8, 4) is 27.8 Å². The Morgan fingerprint density at radius 2 is 1.71 bits per heavy atom. The summed E-state index contributed by atoms with van der Waals surface area (Å²) in [6, 6.07) is 15.6. The number of hydrogen-bond donors (Lipinski definition) is 1. The van der Waals surface area contributed by atoms with Crippen LogP contribution in [0.5, 0.6) is 17.2 Å². The number of anilines is 2. The quantitative estimate of drug-likeness (QED) is 0.0758. The van der Waals surface area contributed by atoms with Gasteiger partial charge < -0.3 is 14.6 Å². The largest absolute Gasteiger partial charge is 0.507 e. The second kappa shape index (κ2) is 13.2. The SMILES string of the molecule is COc1cc(O)c(C2C3=CCC4C(=O)N(c5ccc([N+](=O)[O-])cc5)C(=O)C4C3CC3C(=O)N(c4cc(-c5sc6ccc(Cl)cc6c5C)nn4C)C(=O)C32C)c(OC)c1. The molecule has 58 heavy (non-hydrogen) atoms. The van der Waals surface area contributed by atoms with Crippen LogP contribution in [0.25, 0.3) is 20.7 Å². The lowest BCUT2D eigenvalue weighted by molar-refractivity contribution is -0.384. The Morgan fingerprint density at radius 1 is 0.966 bits per heavy atom. The van der Waals surface area contributed by atoms with Gasteiger partial charge in [0, 0.05) is 58.6 Å². The minimum Gasteiger partial charge on any atom is -0.507 e.